The molecule has 2 aromatic rings. The lowest BCUT2D eigenvalue weighted by molar-refractivity contribution is -0.123. The van der Waals surface area contributed by atoms with Gasteiger partial charge in [0.2, 0.25) is 5.91 Å². The first-order valence-electron chi connectivity index (χ1n) is 8.76. The van der Waals surface area contributed by atoms with E-state index in [1.54, 1.807) is 18.5 Å². The predicted octanol–water partition coefficient (Wildman–Crippen LogP) is 2.79. The Hall–Kier alpha value is -2.47. The summed E-state index contributed by atoms with van der Waals surface area (Å²) in [5.74, 6) is 0.0928. The highest BCUT2D eigenvalue weighted by atomic mass is 19.1. The van der Waals surface area contributed by atoms with Gasteiger partial charge >= 0.3 is 0 Å². The van der Waals surface area contributed by atoms with Crippen LogP contribution in [0.15, 0.2) is 42.7 Å². The second kappa shape index (κ2) is 8.27. The van der Waals surface area contributed by atoms with Crippen LogP contribution in [0.3, 0.4) is 0 Å². The number of halogens is 1. The molecule has 2 N–H and O–H groups in total. The molecule has 0 bridgehead atoms. The normalized spacial score (nSPS) is 20.1. The van der Waals surface area contributed by atoms with Crippen LogP contribution >= 0.6 is 0 Å². The minimum atomic E-state index is -0.384. The van der Waals surface area contributed by atoms with Crippen LogP contribution in [0.1, 0.15) is 36.4 Å². The molecule has 1 amide bonds. The number of rotatable bonds is 7. The Morgan fingerprint density at radius 2 is 2.23 bits per heavy atom. The Kier molecular flexibility index (Phi) is 5.83. The van der Waals surface area contributed by atoms with Crippen molar-refractivity contribution in [2.24, 2.45) is 5.92 Å². The number of hydrogen-bond donors (Lipinski definition) is 2. The van der Waals surface area contributed by atoms with Crippen LogP contribution in [0.2, 0.25) is 0 Å². The fraction of sp³-hybridized carbons (Fsp3) is 0.400. The summed E-state index contributed by atoms with van der Waals surface area (Å²) < 4.78 is 19.1. The number of carbonyl (C=O) groups is 1. The molecule has 1 aliphatic carbocycles. The zero-order chi connectivity index (χ0) is 18.5. The zero-order valence-corrected chi connectivity index (χ0v) is 14.7. The number of nitrogens with zero attached hydrogens (tertiary/aromatic N) is 1. The van der Waals surface area contributed by atoms with E-state index in [1.807, 2.05) is 12.1 Å². The number of carbonyl (C=O) groups excluding carboxylic acids is 1. The Bertz CT molecular complexity index is 748. The number of ether oxygens (including phenoxy) is 1. The van der Waals surface area contributed by atoms with E-state index in [-0.39, 0.29) is 29.8 Å². The number of pyridine rings is 1. The molecule has 1 aliphatic rings. The molecule has 0 radical (unpaired) electrons. The molecule has 138 valence electrons. The first-order valence-corrected chi connectivity index (χ1v) is 8.76. The molecule has 1 saturated carbocycles. The smallest absolute Gasteiger partial charge is 0.220 e. The molecule has 3 rings (SSSR count). The predicted molar refractivity (Wildman–Crippen MR) is 95.1 cm³/mol. The van der Waals surface area contributed by atoms with Crippen molar-refractivity contribution >= 4 is 5.91 Å². The monoisotopic (exact) mass is 358 g/mol. The average Bonchev–Trinajstić information content (AvgIpc) is 2.63. The Balaban J connectivity index is 1.72. The van der Waals surface area contributed by atoms with Crippen LogP contribution in [0, 0.1) is 11.7 Å². The van der Waals surface area contributed by atoms with E-state index in [0.717, 1.165) is 5.56 Å². The van der Waals surface area contributed by atoms with E-state index in [4.69, 9.17) is 4.74 Å². The third-order valence-electron chi connectivity index (χ3n) is 4.83. The molecule has 0 saturated heterocycles. The van der Waals surface area contributed by atoms with Crippen LogP contribution in [-0.4, -0.2) is 29.2 Å². The zero-order valence-electron chi connectivity index (χ0n) is 14.7. The molecule has 1 heterocycles. The van der Waals surface area contributed by atoms with Crippen molar-refractivity contribution in [3.8, 4) is 5.75 Å². The number of aryl methyl sites for hydroxylation is 1. The van der Waals surface area contributed by atoms with E-state index < -0.39 is 0 Å². The molecule has 26 heavy (non-hydrogen) atoms. The fourth-order valence-electron chi connectivity index (χ4n) is 3.35. The fourth-order valence-corrected chi connectivity index (χ4v) is 3.35. The van der Waals surface area contributed by atoms with Gasteiger partial charge in [-0.15, -0.1) is 0 Å². The number of aliphatic hydroxyl groups excluding tert-OH is 1. The molecule has 0 unspecified atom stereocenters. The van der Waals surface area contributed by atoms with E-state index in [0.29, 0.717) is 37.0 Å². The van der Waals surface area contributed by atoms with Crippen molar-refractivity contribution in [2.45, 2.75) is 37.8 Å². The van der Waals surface area contributed by atoms with E-state index >= 15 is 0 Å². The SMILES string of the molecule is COc1ccc(F)cc1[C@@H](NC(=O)CCc1cccnc1)C1CC(O)C1. The second-order valence-electron chi connectivity index (χ2n) is 6.68. The summed E-state index contributed by atoms with van der Waals surface area (Å²) in [7, 11) is 1.52. The van der Waals surface area contributed by atoms with Crippen molar-refractivity contribution in [3.63, 3.8) is 0 Å². The summed E-state index contributed by atoms with van der Waals surface area (Å²) in [4.78, 5) is 16.5. The van der Waals surface area contributed by atoms with Crippen LogP contribution in [0.25, 0.3) is 0 Å². The number of benzene rings is 1. The molecule has 1 aromatic heterocycles. The van der Waals surface area contributed by atoms with Crippen LogP contribution in [0.4, 0.5) is 4.39 Å². The first-order chi connectivity index (χ1) is 12.6. The molecule has 0 aliphatic heterocycles. The highest BCUT2D eigenvalue weighted by molar-refractivity contribution is 5.77. The van der Waals surface area contributed by atoms with Gasteiger partial charge in [0, 0.05) is 24.4 Å². The summed E-state index contributed by atoms with van der Waals surface area (Å²) in [6.07, 6.45) is 5.12. The maximum Gasteiger partial charge on any atom is 0.220 e. The number of methoxy groups -OCH3 is 1. The van der Waals surface area contributed by atoms with Gasteiger partial charge in [0.25, 0.3) is 0 Å². The topological polar surface area (TPSA) is 71.5 Å². The van der Waals surface area contributed by atoms with E-state index in [9.17, 15) is 14.3 Å². The third kappa shape index (κ3) is 4.38. The van der Waals surface area contributed by atoms with Crippen molar-refractivity contribution in [1.82, 2.24) is 10.3 Å². The van der Waals surface area contributed by atoms with Crippen molar-refractivity contribution in [1.29, 1.82) is 0 Å². The van der Waals surface area contributed by atoms with Gasteiger partial charge in [0.1, 0.15) is 11.6 Å². The lowest BCUT2D eigenvalue weighted by Gasteiger charge is -2.38. The summed E-state index contributed by atoms with van der Waals surface area (Å²) in [5.41, 5.74) is 1.60. The lowest BCUT2D eigenvalue weighted by Crippen LogP contribution is -2.41. The molecular formula is C20H23FN2O3. The van der Waals surface area contributed by atoms with Gasteiger partial charge in [-0.25, -0.2) is 4.39 Å². The van der Waals surface area contributed by atoms with Gasteiger partial charge < -0.3 is 15.2 Å². The van der Waals surface area contributed by atoms with Crippen molar-refractivity contribution in [2.75, 3.05) is 7.11 Å². The number of aromatic nitrogens is 1. The van der Waals surface area contributed by atoms with E-state index in [2.05, 4.69) is 10.3 Å². The van der Waals surface area contributed by atoms with Gasteiger partial charge in [0.05, 0.1) is 19.3 Å². The first kappa shape index (κ1) is 18.3. The summed E-state index contributed by atoms with van der Waals surface area (Å²) in [6, 6.07) is 7.67. The quantitative estimate of drug-likeness (QED) is 0.798. The minimum Gasteiger partial charge on any atom is -0.496 e. The largest absolute Gasteiger partial charge is 0.496 e. The summed E-state index contributed by atoms with van der Waals surface area (Å²) in [5, 5.41) is 12.7. The number of hydrogen-bond acceptors (Lipinski definition) is 4. The molecule has 1 aromatic carbocycles. The Morgan fingerprint density at radius 3 is 2.88 bits per heavy atom. The maximum atomic E-state index is 13.8. The van der Waals surface area contributed by atoms with Crippen LogP contribution in [-0.2, 0) is 11.2 Å². The van der Waals surface area contributed by atoms with Gasteiger partial charge in [-0.05, 0) is 55.0 Å². The molecule has 5 nitrogen and oxygen atoms in total. The van der Waals surface area contributed by atoms with Gasteiger partial charge in [-0.2, -0.15) is 0 Å². The number of amides is 1. The summed E-state index contributed by atoms with van der Waals surface area (Å²) >= 11 is 0. The van der Waals surface area contributed by atoms with Gasteiger partial charge in [-0.1, -0.05) is 6.07 Å². The molecule has 6 heteroatoms. The average molecular weight is 358 g/mol. The molecule has 1 fully saturated rings. The van der Waals surface area contributed by atoms with Gasteiger partial charge in [-0.3, -0.25) is 9.78 Å². The standard InChI is InChI=1S/C20H23FN2O3/c1-26-18-6-5-15(21)11-17(18)20(14-9-16(24)10-14)23-19(25)7-4-13-3-2-8-22-12-13/h2-3,5-6,8,11-12,14,16,20,24H,4,7,9-10H2,1H3,(H,23,25)/t14?,16?,20-/m0/s1. The maximum absolute atomic E-state index is 13.8. The second-order valence-corrected chi connectivity index (χ2v) is 6.68. The van der Waals surface area contributed by atoms with Crippen LogP contribution < -0.4 is 10.1 Å². The number of aliphatic hydroxyl groups is 1. The molecular weight excluding hydrogens is 335 g/mol. The van der Waals surface area contributed by atoms with Gasteiger partial charge in [0.15, 0.2) is 0 Å². The third-order valence-corrected chi connectivity index (χ3v) is 4.83. The minimum absolute atomic E-state index is 0.0584. The molecule has 0 spiro atoms. The van der Waals surface area contributed by atoms with Crippen molar-refractivity contribution in [3.05, 3.63) is 59.7 Å². The van der Waals surface area contributed by atoms with Crippen molar-refractivity contribution < 1.29 is 19.0 Å². The Labute approximate surface area is 152 Å². The summed E-state index contributed by atoms with van der Waals surface area (Å²) in [6.45, 7) is 0. The molecule has 1 atom stereocenters. The highest BCUT2D eigenvalue weighted by Crippen LogP contribution is 2.41. The van der Waals surface area contributed by atoms with Crippen LogP contribution in [0.5, 0.6) is 5.75 Å². The van der Waals surface area contributed by atoms with E-state index in [1.165, 1.54) is 19.2 Å². The lowest BCUT2D eigenvalue weighted by atomic mass is 9.74. The number of nitrogens with one attached hydrogen (secondary N) is 1. The highest BCUT2D eigenvalue weighted by Gasteiger charge is 2.37. The Morgan fingerprint density at radius 1 is 1.42 bits per heavy atom.